The second-order valence-corrected chi connectivity index (χ2v) is 5.97. The van der Waals surface area contributed by atoms with Crippen LogP contribution in [0.25, 0.3) is 0 Å². The van der Waals surface area contributed by atoms with Gasteiger partial charge >= 0.3 is 5.97 Å². The summed E-state index contributed by atoms with van der Waals surface area (Å²) < 4.78 is 9.94. The normalized spacial score (nSPS) is 10.5. The number of benzene rings is 2. The molecule has 2 aromatic rings. The first kappa shape index (κ1) is 19.5. The molecule has 7 heteroatoms. The van der Waals surface area contributed by atoms with Crippen LogP contribution in [0.5, 0.6) is 5.75 Å². The van der Waals surface area contributed by atoms with Gasteiger partial charge in [0.05, 0.1) is 13.3 Å². The molecule has 136 valence electrons. The number of esters is 1. The molecule has 0 atom stereocenters. The van der Waals surface area contributed by atoms with E-state index in [1.807, 2.05) is 18.4 Å². The highest BCUT2D eigenvalue weighted by atomic mass is 32.2. The van der Waals surface area contributed by atoms with E-state index in [2.05, 4.69) is 5.16 Å². The number of nitrogens with zero attached hydrogens (tertiary/aromatic N) is 1. The van der Waals surface area contributed by atoms with Gasteiger partial charge in [-0.3, -0.25) is 4.79 Å². The highest BCUT2D eigenvalue weighted by molar-refractivity contribution is 7.98. The molecule has 0 aliphatic carbocycles. The number of Topliss-reactive ketones (excluding diaryl/α,β-unsaturated/α-hetero) is 1. The van der Waals surface area contributed by atoms with E-state index in [1.165, 1.54) is 6.21 Å². The zero-order valence-electron chi connectivity index (χ0n) is 14.5. The van der Waals surface area contributed by atoms with Gasteiger partial charge in [-0.2, -0.15) is 0 Å². The number of carbonyl (C=O) groups is 2. The Morgan fingerprint density at radius 3 is 2.35 bits per heavy atom. The van der Waals surface area contributed by atoms with E-state index in [0.717, 1.165) is 16.2 Å². The van der Waals surface area contributed by atoms with E-state index in [1.54, 1.807) is 55.3 Å². The van der Waals surface area contributed by atoms with Crippen LogP contribution in [0.1, 0.15) is 15.9 Å². The lowest BCUT2D eigenvalue weighted by Crippen LogP contribution is -2.17. The minimum Gasteiger partial charge on any atom is -0.497 e. The molecule has 0 aliphatic rings. The van der Waals surface area contributed by atoms with E-state index in [9.17, 15) is 9.59 Å². The van der Waals surface area contributed by atoms with E-state index >= 15 is 0 Å². The summed E-state index contributed by atoms with van der Waals surface area (Å²) in [7, 11) is 1.59. The average Bonchev–Trinajstić information content (AvgIpc) is 2.70. The maximum atomic E-state index is 12.0. The van der Waals surface area contributed by atoms with Gasteiger partial charge in [0.2, 0.25) is 6.61 Å². The fourth-order valence-corrected chi connectivity index (χ4v) is 2.33. The summed E-state index contributed by atoms with van der Waals surface area (Å²) in [6.45, 7) is -0.700. The molecule has 2 rings (SSSR count). The molecular formula is C19H19NO5S. The molecule has 0 fully saturated rings. The standard InChI is InChI=1S/C19H19NO5S/c1-23-16-7-3-14(4-8-16)11-20-25-13-19(22)24-12-18(21)15-5-9-17(26-2)10-6-15/h3-11H,12-13H2,1-2H3/b20-11-. The molecule has 2 aromatic carbocycles. The van der Waals surface area contributed by atoms with E-state index < -0.39 is 5.97 Å². The number of hydrogen-bond donors (Lipinski definition) is 0. The van der Waals surface area contributed by atoms with Crippen molar-refractivity contribution in [2.24, 2.45) is 5.16 Å². The fourth-order valence-electron chi connectivity index (χ4n) is 1.93. The van der Waals surface area contributed by atoms with Gasteiger partial charge in [-0.1, -0.05) is 17.3 Å². The molecule has 0 N–H and O–H groups in total. The molecule has 26 heavy (non-hydrogen) atoms. The van der Waals surface area contributed by atoms with Crippen molar-refractivity contribution >= 4 is 29.7 Å². The number of oxime groups is 1. The quantitative estimate of drug-likeness (QED) is 0.221. The Morgan fingerprint density at radius 2 is 1.73 bits per heavy atom. The van der Waals surface area contributed by atoms with Crippen LogP contribution in [0.4, 0.5) is 0 Å². The van der Waals surface area contributed by atoms with Gasteiger partial charge in [0, 0.05) is 10.5 Å². The first-order chi connectivity index (χ1) is 12.6. The van der Waals surface area contributed by atoms with E-state index in [4.69, 9.17) is 14.3 Å². The van der Waals surface area contributed by atoms with Crippen molar-refractivity contribution in [3.8, 4) is 5.75 Å². The molecule has 0 spiro atoms. The molecule has 0 aliphatic heterocycles. The zero-order valence-corrected chi connectivity index (χ0v) is 15.3. The minimum atomic E-state index is -0.661. The number of ketones is 1. The van der Waals surface area contributed by atoms with Crippen LogP contribution in [0, 0.1) is 0 Å². The van der Waals surface area contributed by atoms with Crippen molar-refractivity contribution in [1.29, 1.82) is 0 Å². The number of carbonyl (C=O) groups excluding carboxylic acids is 2. The molecular weight excluding hydrogens is 354 g/mol. The number of hydrogen-bond acceptors (Lipinski definition) is 7. The van der Waals surface area contributed by atoms with E-state index in [-0.39, 0.29) is 19.0 Å². The Kier molecular flexibility index (Phi) is 7.70. The lowest BCUT2D eigenvalue weighted by molar-refractivity contribution is -0.147. The van der Waals surface area contributed by atoms with Gasteiger partial charge in [-0.05, 0) is 48.2 Å². The monoisotopic (exact) mass is 373 g/mol. The molecule has 6 nitrogen and oxygen atoms in total. The summed E-state index contributed by atoms with van der Waals surface area (Å²) in [5.74, 6) is -0.196. The lowest BCUT2D eigenvalue weighted by Gasteiger charge is -2.04. The van der Waals surface area contributed by atoms with Gasteiger partial charge in [0.15, 0.2) is 12.4 Å². The van der Waals surface area contributed by atoms with Crippen molar-refractivity contribution in [3.63, 3.8) is 0 Å². The third kappa shape index (κ3) is 6.25. The van der Waals surface area contributed by atoms with Crippen LogP contribution in [-0.4, -0.2) is 44.5 Å². The molecule has 0 amide bonds. The van der Waals surface area contributed by atoms with Crippen LogP contribution in [0.15, 0.2) is 58.6 Å². The smallest absolute Gasteiger partial charge is 0.347 e. The predicted molar refractivity (Wildman–Crippen MR) is 100 cm³/mol. The Hall–Kier alpha value is -2.80. The van der Waals surface area contributed by atoms with Crippen LogP contribution in [0.3, 0.4) is 0 Å². The highest BCUT2D eigenvalue weighted by Gasteiger charge is 2.10. The van der Waals surface area contributed by atoms with Gasteiger partial charge in [-0.15, -0.1) is 11.8 Å². The van der Waals surface area contributed by atoms with Crippen LogP contribution >= 0.6 is 11.8 Å². The maximum absolute atomic E-state index is 12.0. The summed E-state index contributed by atoms with van der Waals surface area (Å²) in [6, 6.07) is 14.3. The first-order valence-electron chi connectivity index (χ1n) is 7.74. The molecule has 0 saturated carbocycles. The summed E-state index contributed by atoms with van der Waals surface area (Å²) in [5, 5.41) is 3.69. The fraction of sp³-hybridized carbons (Fsp3) is 0.211. The van der Waals surface area contributed by atoms with Crippen LogP contribution < -0.4 is 4.74 Å². The van der Waals surface area contributed by atoms with Crippen molar-refractivity contribution < 1.29 is 23.9 Å². The summed E-state index contributed by atoms with van der Waals surface area (Å²) in [5.41, 5.74) is 1.29. The van der Waals surface area contributed by atoms with E-state index in [0.29, 0.717) is 5.56 Å². The number of ether oxygens (including phenoxy) is 2. The Bertz CT molecular complexity index is 757. The second-order valence-electron chi connectivity index (χ2n) is 5.09. The lowest BCUT2D eigenvalue weighted by atomic mass is 10.1. The molecule has 0 saturated heterocycles. The van der Waals surface area contributed by atoms with Crippen LogP contribution in [0.2, 0.25) is 0 Å². The number of rotatable bonds is 9. The Morgan fingerprint density at radius 1 is 1.04 bits per heavy atom. The Balaban J connectivity index is 1.70. The topological polar surface area (TPSA) is 74.2 Å². The molecule has 0 aromatic heterocycles. The SMILES string of the molecule is COc1ccc(/C=N\OCC(=O)OCC(=O)c2ccc(SC)cc2)cc1. The third-order valence-corrected chi connectivity index (χ3v) is 4.09. The third-order valence-electron chi connectivity index (χ3n) is 3.35. The molecule has 0 radical (unpaired) electrons. The molecule has 0 unspecified atom stereocenters. The Labute approximate surface area is 156 Å². The van der Waals surface area contributed by atoms with Gasteiger partial charge in [-0.25, -0.2) is 4.79 Å². The van der Waals surface area contributed by atoms with Gasteiger partial charge in [0.1, 0.15) is 5.75 Å². The van der Waals surface area contributed by atoms with Crippen molar-refractivity contribution in [2.75, 3.05) is 26.6 Å². The maximum Gasteiger partial charge on any atom is 0.347 e. The summed E-state index contributed by atoms with van der Waals surface area (Å²) in [6.07, 6.45) is 3.42. The number of thioether (sulfide) groups is 1. The summed E-state index contributed by atoms with van der Waals surface area (Å²) >= 11 is 1.59. The van der Waals surface area contributed by atoms with Crippen LogP contribution in [-0.2, 0) is 14.4 Å². The van der Waals surface area contributed by atoms with Gasteiger partial charge in [0.25, 0.3) is 0 Å². The summed E-state index contributed by atoms with van der Waals surface area (Å²) in [4.78, 5) is 29.5. The highest BCUT2D eigenvalue weighted by Crippen LogP contribution is 2.15. The number of methoxy groups -OCH3 is 1. The minimum absolute atomic E-state index is 0.271. The molecule has 0 heterocycles. The van der Waals surface area contributed by atoms with Crippen molar-refractivity contribution in [3.05, 3.63) is 59.7 Å². The largest absolute Gasteiger partial charge is 0.497 e. The second kappa shape index (κ2) is 10.2. The molecule has 0 bridgehead atoms. The van der Waals surface area contributed by atoms with Crippen molar-refractivity contribution in [1.82, 2.24) is 0 Å². The predicted octanol–water partition coefficient (Wildman–Crippen LogP) is 3.19. The zero-order chi connectivity index (χ0) is 18.8. The van der Waals surface area contributed by atoms with Gasteiger partial charge < -0.3 is 14.3 Å². The van der Waals surface area contributed by atoms with Crippen molar-refractivity contribution in [2.45, 2.75) is 4.90 Å². The first-order valence-corrected chi connectivity index (χ1v) is 8.97. The average molecular weight is 373 g/mol.